The van der Waals surface area contributed by atoms with Crippen molar-refractivity contribution in [3.05, 3.63) is 22.7 Å². The van der Waals surface area contributed by atoms with Gasteiger partial charge in [0.05, 0.1) is 25.3 Å². The Balaban J connectivity index is 2.84. The highest BCUT2D eigenvalue weighted by atomic mass is 35.5. The van der Waals surface area contributed by atoms with Crippen LogP contribution in [-0.2, 0) is 6.54 Å². The molecule has 0 radical (unpaired) electrons. The van der Waals surface area contributed by atoms with Crippen molar-refractivity contribution in [1.82, 2.24) is 10.6 Å². The SMILES string of the molecule is CCNC(=NCc1cc(Cl)c(OCC)c(OC)c1)NCC(CCO)CC(C)C. The van der Waals surface area contributed by atoms with Crippen LogP contribution in [0.2, 0.25) is 5.02 Å². The molecule has 0 fully saturated rings. The molecule has 0 aliphatic heterocycles. The number of guanidine groups is 1. The van der Waals surface area contributed by atoms with Crippen molar-refractivity contribution in [3.8, 4) is 11.5 Å². The van der Waals surface area contributed by atoms with E-state index < -0.39 is 0 Å². The zero-order valence-electron chi connectivity index (χ0n) is 17.8. The van der Waals surface area contributed by atoms with Crippen molar-refractivity contribution in [2.24, 2.45) is 16.8 Å². The van der Waals surface area contributed by atoms with E-state index in [0.717, 1.165) is 37.5 Å². The van der Waals surface area contributed by atoms with Gasteiger partial charge in [-0.15, -0.1) is 0 Å². The lowest BCUT2D eigenvalue weighted by Gasteiger charge is -2.20. The molecule has 0 spiro atoms. The molecule has 0 heterocycles. The van der Waals surface area contributed by atoms with Crippen LogP contribution in [0.3, 0.4) is 0 Å². The van der Waals surface area contributed by atoms with Crippen LogP contribution in [0.1, 0.15) is 46.1 Å². The molecule has 0 saturated carbocycles. The lowest BCUT2D eigenvalue weighted by Crippen LogP contribution is -2.40. The largest absolute Gasteiger partial charge is 0.493 e. The lowest BCUT2D eigenvalue weighted by atomic mass is 9.94. The third kappa shape index (κ3) is 8.57. The van der Waals surface area contributed by atoms with Crippen LogP contribution in [0.4, 0.5) is 0 Å². The van der Waals surface area contributed by atoms with Gasteiger partial charge in [0.25, 0.3) is 0 Å². The average molecular weight is 414 g/mol. The quantitative estimate of drug-likeness (QED) is 0.358. The van der Waals surface area contributed by atoms with Gasteiger partial charge in [-0.3, -0.25) is 0 Å². The van der Waals surface area contributed by atoms with Crippen LogP contribution < -0.4 is 20.1 Å². The summed E-state index contributed by atoms with van der Waals surface area (Å²) >= 11 is 6.35. The minimum Gasteiger partial charge on any atom is -0.493 e. The Morgan fingerprint density at radius 1 is 1.25 bits per heavy atom. The van der Waals surface area contributed by atoms with Gasteiger partial charge in [0.1, 0.15) is 0 Å². The zero-order valence-corrected chi connectivity index (χ0v) is 18.6. The van der Waals surface area contributed by atoms with Gasteiger partial charge < -0.3 is 25.2 Å². The summed E-state index contributed by atoms with van der Waals surface area (Å²) in [5, 5.41) is 16.5. The maximum absolute atomic E-state index is 9.30. The summed E-state index contributed by atoms with van der Waals surface area (Å²) < 4.78 is 11.0. The summed E-state index contributed by atoms with van der Waals surface area (Å²) in [5.74, 6) is 2.92. The number of aliphatic hydroxyl groups is 1. The number of nitrogens with zero attached hydrogens (tertiary/aromatic N) is 1. The second-order valence-corrected chi connectivity index (χ2v) is 7.53. The minimum absolute atomic E-state index is 0.206. The number of methoxy groups -OCH3 is 1. The maximum Gasteiger partial charge on any atom is 0.191 e. The number of halogens is 1. The van der Waals surface area contributed by atoms with Gasteiger partial charge in [-0.1, -0.05) is 25.4 Å². The lowest BCUT2D eigenvalue weighted by molar-refractivity contribution is 0.243. The molecule has 0 amide bonds. The van der Waals surface area contributed by atoms with Gasteiger partial charge >= 0.3 is 0 Å². The minimum atomic E-state index is 0.206. The van der Waals surface area contributed by atoms with Crippen molar-refractivity contribution in [2.75, 3.05) is 33.4 Å². The molecule has 7 heteroatoms. The molecule has 1 unspecified atom stereocenters. The summed E-state index contributed by atoms with van der Waals surface area (Å²) in [5.41, 5.74) is 0.941. The predicted octanol–water partition coefficient (Wildman–Crippen LogP) is 3.85. The molecule has 1 aromatic rings. The van der Waals surface area contributed by atoms with Gasteiger partial charge in [-0.2, -0.15) is 0 Å². The number of rotatable bonds is 12. The molecule has 28 heavy (non-hydrogen) atoms. The molecule has 0 saturated heterocycles. The van der Waals surface area contributed by atoms with Crippen molar-refractivity contribution in [2.45, 2.75) is 47.1 Å². The fourth-order valence-corrected chi connectivity index (χ4v) is 3.34. The summed E-state index contributed by atoms with van der Waals surface area (Å²) in [7, 11) is 1.60. The number of hydrogen-bond acceptors (Lipinski definition) is 4. The fourth-order valence-electron chi connectivity index (χ4n) is 3.05. The molecule has 0 aliphatic carbocycles. The zero-order chi connectivity index (χ0) is 20.9. The molecular weight excluding hydrogens is 378 g/mol. The number of ether oxygens (including phenoxy) is 2. The number of benzene rings is 1. The number of aliphatic hydroxyl groups excluding tert-OH is 1. The van der Waals surface area contributed by atoms with E-state index in [1.807, 2.05) is 26.0 Å². The normalized spacial score (nSPS) is 12.8. The van der Waals surface area contributed by atoms with E-state index in [1.54, 1.807) is 7.11 Å². The molecule has 1 aromatic carbocycles. The van der Waals surface area contributed by atoms with Crippen molar-refractivity contribution < 1.29 is 14.6 Å². The molecule has 1 rings (SSSR count). The van der Waals surface area contributed by atoms with Crippen LogP contribution in [0.15, 0.2) is 17.1 Å². The second kappa shape index (κ2) is 13.5. The first-order valence-corrected chi connectivity index (χ1v) is 10.4. The molecule has 1 atom stereocenters. The fraction of sp³-hybridized carbons (Fsp3) is 0.667. The molecular formula is C21H36ClN3O3. The van der Waals surface area contributed by atoms with Crippen LogP contribution in [-0.4, -0.2) is 44.5 Å². The van der Waals surface area contributed by atoms with Gasteiger partial charge in [0.15, 0.2) is 17.5 Å². The van der Waals surface area contributed by atoms with E-state index in [-0.39, 0.29) is 6.61 Å². The second-order valence-electron chi connectivity index (χ2n) is 7.13. The highest BCUT2D eigenvalue weighted by molar-refractivity contribution is 6.32. The number of aliphatic imine (C=N–C) groups is 1. The summed E-state index contributed by atoms with van der Waals surface area (Å²) in [6.07, 6.45) is 1.86. The highest BCUT2D eigenvalue weighted by Gasteiger charge is 2.13. The Kier molecular flexibility index (Phi) is 11.8. The average Bonchev–Trinajstić information content (AvgIpc) is 2.65. The van der Waals surface area contributed by atoms with Crippen LogP contribution >= 0.6 is 11.6 Å². The Morgan fingerprint density at radius 3 is 2.57 bits per heavy atom. The van der Waals surface area contributed by atoms with E-state index in [0.29, 0.717) is 41.5 Å². The number of nitrogens with one attached hydrogen (secondary N) is 2. The smallest absolute Gasteiger partial charge is 0.191 e. The van der Waals surface area contributed by atoms with E-state index in [9.17, 15) is 5.11 Å². The van der Waals surface area contributed by atoms with E-state index >= 15 is 0 Å². The van der Waals surface area contributed by atoms with Crippen LogP contribution in [0.5, 0.6) is 11.5 Å². The van der Waals surface area contributed by atoms with Gasteiger partial charge in [0, 0.05) is 19.7 Å². The first-order valence-electron chi connectivity index (χ1n) is 10.1. The maximum atomic E-state index is 9.30. The van der Waals surface area contributed by atoms with E-state index in [2.05, 4.69) is 29.5 Å². The molecule has 6 nitrogen and oxygen atoms in total. The summed E-state index contributed by atoms with van der Waals surface area (Å²) in [4.78, 5) is 4.66. The van der Waals surface area contributed by atoms with Crippen LogP contribution in [0.25, 0.3) is 0 Å². The molecule has 0 aliphatic rings. The van der Waals surface area contributed by atoms with Crippen molar-refractivity contribution in [3.63, 3.8) is 0 Å². The Morgan fingerprint density at radius 2 is 2.00 bits per heavy atom. The van der Waals surface area contributed by atoms with E-state index in [1.165, 1.54) is 0 Å². The Labute approximate surface area is 174 Å². The Bertz CT molecular complexity index is 609. The van der Waals surface area contributed by atoms with Crippen LogP contribution in [0, 0.1) is 11.8 Å². The third-order valence-corrected chi connectivity index (χ3v) is 4.52. The predicted molar refractivity (Wildman–Crippen MR) is 117 cm³/mol. The molecule has 0 bridgehead atoms. The first kappa shape index (κ1) is 24.4. The topological polar surface area (TPSA) is 75.1 Å². The third-order valence-electron chi connectivity index (χ3n) is 4.24. The van der Waals surface area contributed by atoms with Gasteiger partial charge in [-0.25, -0.2) is 4.99 Å². The van der Waals surface area contributed by atoms with Crippen molar-refractivity contribution in [1.29, 1.82) is 0 Å². The van der Waals surface area contributed by atoms with Gasteiger partial charge in [-0.05, 0) is 56.2 Å². The van der Waals surface area contributed by atoms with Crippen molar-refractivity contribution >= 4 is 17.6 Å². The first-order chi connectivity index (χ1) is 13.4. The molecule has 3 N–H and O–H groups in total. The van der Waals surface area contributed by atoms with E-state index in [4.69, 9.17) is 21.1 Å². The Hall–Kier alpha value is -1.66. The monoisotopic (exact) mass is 413 g/mol. The summed E-state index contributed by atoms with van der Waals surface area (Å²) in [6, 6.07) is 3.76. The number of hydrogen-bond donors (Lipinski definition) is 3. The highest BCUT2D eigenvalue weighted by Crippen LogP contribution is 2.36. The molecule has 0 aromatic heterocycles. The molecule has 160 valence electrons. The summed E-state index contributed by atoms with van der Waals surface area (Å²) in [6.45, 7) is 11.1. The standard InChI is InChI=1S/C21H36ClN3O3/c1-6-23-21(24-13-16(8-9-26)10-15(3)4)25-14-17-11-18(22)20(28-7-2)19(12-17)27-5/h11-12,15-16,26H,6-10,13-14H2,1-5H3,(H2,23,24,25). The van der Waals surface area contributed by atoms with Gasteiger partial charge in [0.2, 0.25) is 0 Å².